The van der Waals surface area contributed by atoms with Crippen molar-refractivity contribution in [3.05, 3.63) is 5.01 Å². The Bertz CT molecular complexity index is 414. The highest BCUT2D eigenvalue weighted by Crippen LogP contribution is 2.47. The lowest BCUT2D eigenvalue weighted by Crippen LogP contribution is -2.29. The van der Waals surface area contributed by atoms with Crippen LogP contribution in [-0.4, -0.2) is 29.2 Å². The van der Waals surface area contributed by atoms with Crippen LogP contribution in [0.25, 0.3) is 0 Å². The van der Waals surface area contributed by atoms with Crippen LogP contribution in [0, 0.1) is 5.41 Å². The number of hydrogen-bond acceptors (Lipinski definition) is 5. The molecule has 0 aromatic carbocycles. The van der Waals surface area contributed by atoms with Crippen molar-refractivity contribution in [2.75, 3.05) is 18.4 Å². The number of hydrogen-bond donors (Lipinski definition) is 2. The number of amides is 1. The maximum atomic E-state index is 11.9. The Balaban J connectivity index is 1.83. The van der Waals surface area contributed by atoms with Crippen molar-refractivity contribution in [3.8, 4) is 0 Å². The molecule has 1 aromatic rings. The quantitative estimate of drug-likeness (QED) is 0.796. The largest absolute Gasteiger partial charge is 0.360 e. The molecule has 0 unspecified atom stereocenters. The summed E-state index contributed by atoms with van der Waals surface area (Å²) in [6.07, 6.45) is 4.61. The van der Waals surface area contributed by atoms with Crippen LogP contribution in [0.1, 0.15) is 49.3 Å². The first-order chi connectivity index (χ1) is 8.69. The normalized spacial score (nSPS) is 16.3. The van der Waals surface area contributed by atoms with E-state index in [1.54, 1.807) is 0 Å². The van der Waals surface area contributed by atoms with Crippen molar-refractivity contribution in [1.82, 2.24) is 15.5 Å². The zero-order chi connectivity index (χ0) is 13.0. The van der Waals surface area contributed by atoms with Crippen LogP contribution < -0.4 is 10.6 Å². The van der Waals surface area contributed by atoms with Crippen LogP contribution in [0.2, 0.25) is 0 Å². The van der Waals surface area contributed by atoms with E-state index in [-0.39, 0.29) is 5.91 Å². The number of rotatable bonds is 7. The molecule has 5 nitrogen and oxygen atoms in total. The molecule has 2 N–H and O–H groups in total. The van der Waals surface area contributed by atoms with Crippen molar-refractivity contribution in [2.45, 2.75) is 39.5 Å². The van der Waals surface area contributed by atoms with Crippen molar-refractivity contribution in [2.24, 2.45) is 5.41 Å². The number of carbonyl (C=O) groups is 1. The summed E-state index contributed by atoms with van der Waals surface area (Å²) in [6.45, 7) is 5.88. The molecule has 1 saturated carbocycles. The first-order valence-corrected chi connectivity index (χ1v) is 7.36. The van der Waals surface area contributed by atoms with E-state index in [2.05, 4.69) is 34.7 Å². The summed E-state index contributed by atoms with van der Waals surface area (Å²) >= 11 is 1.31. The molecular weight excluding hydrogens is 248 g/mol. The summed E-state index contributed by atoms with van der Waals surface area (Å²) in [5.41, 5.74) is 0.365. The van der Waals surface area contributed by atoms with Crippen LogP contribution in [-0.2, 0) is 0 Å². The second kappa shape index (κ2) is 5.65. The van der Waals surface area contributed by atoms with Gasteiger partial charge in [0.15, 0.2) is 0 Å². The number of nitrogens with zero attached hydrogens (tertiary/aromatic N) is 2. The van der Waals surface area contributed by atoms with Crippen LogP contribution in [0.4, 0.5) is 5.13 Å². The molecule has 0 saturated heterocycles. The molecule has 0 radical (unpaired) electrons. The summed E-state index contributed by atoms with van der Waals surface area (Å²) < 4.78 is 0. The summed E-state index contributed by atoms with van der Waals surface area (Å²) in [5, 5.41) is 15.1. The lowest BCUT2D eigenvalue weighted by molar-refractivity contribution is 0.0943. The van der Waals surface area contributed by atoms with Gasteiger partial charge in [-0.25, -0.2) is 0 Å². The van der Waals surface area contributed by atoms with Crippen LogP contribution in [0.5, 0.6) is 0 Å². The molecule has 2 rings (SSSR count). The number of nitrogens with one attached hydrogen (secondary N) is 2. The van der Waals surface area contributed by atoms with Crippen molar-refractivity contribution in [1.29, 1.82) is 0 Å². The van der Waals surface area contributed by atoms with Gasteiger partial charge in [-0.2, -0.15) is 0 Å². The van der Waals surface area contributed by atoms with Gasteiger partial charge in [-0.1, -0.05) is 25.2 Å². The fourth-order valence-corrected chi connectivity index (χ4v) is 2.48. The minimum Gasteiger partial charge on any atom is -0.360 e. The molecule has 100 valence electrons. The highest BCUT2D eigenvalue weighted by atomic mass is 32.1. The molecule has 1 aromatic heterocycles. The van der Waals surface area contributed by atoms with Crippen LogP contribution in [0.3, 0.4) is 0 Å². The first-order valence-electron chi connectivity index (χ1n) is 6.55. The zero-order valence-corrected chi connectivity index (χ0v) is 11.8. The molecule has 0 aliphatic heterocycles. The molecule has 1 heterocycles. The Morgan fingerprint density at radius 3 is 2.78 bits per heavy atom. The Morgan fingerprint density at radius 2 is 2.17 bits per heavy atom. The fraction of sp³-hybridized carbons (Fsp3) is 0.750. The lowest BCUT2D eigenvalue weighted by atomic mass is 10.0. The van der Waals surface area contributed by atoms with E-state index in [9.17, 15) is 4.79 Å². The Kier molecular flexibility index (Phi) is 4.16. The SMILES string of the molecule is CCCNc1nnc(C(=O)NCC2(CC)CC2)s1. The van der Waals surface area contributed by atoms with Gasteiger partial charge in [0.25, 0.3) is 5.91 Å². The third-order valence-electron chi connectivity index (χ3n) is 3.48. The molecule has 0 atom stereocenters. The molecule has 6 heteroatoms. The van der Waals surface area contributed by atoms with E-state index in [4.69, 9.17) is 0 Å². The predicted octanol–water partition coefficient (Wildman–Crippen LogP) is 2.28. The second-order valence-corrected chi connectivity index (χ2v) is 5.85. The van der Waals surface area contributed by atoms with Gasteiger partial charge in [0.1, 0.15) is 0 Å². The summed E-state index contributed by atoms with van der Waals surface area (Å²) in [4.78, 5) is 11.9. The van der Waals surface area contributed by atoms with E-state index in [1.807, 2.05) is 0 Å². The molecule has 1 fully saturated rings. The molecule has 0 bridgehead atoms. The predicted molar refractivity (Wildman–Crippen MR) is 73.0 cm³/mol. The minimum atomic E-state index is -0.100. The summed E-state index contributed by atoms with van der Waals surface area (Å²) in [5.74, 6) is -0.100. The van der Waals surface area contributed by atoms with E-state index < -0.39 is 0 Å². The summed E-state index contributed by atoms with van der Waals surface area (Å²) in [6, 6.07) is 0. The standard InChI is InChI=1S/C12H20N4OS/c1-3-7-13-11-16-15-10(18-11)9(17)14-8-12(4-2)5-6-12/h3-8H2,1-2H3,(H,13,16)(H,14,17). The number of aromatic nitrogens is 2. The molecular formula is C12H20N4OS. The lowest BCUT2D eigenvalue weighted by Gasteiger charge is -2.11. The van der Waals surface area contributed by atoms with Crippen molar-refractivity contribution in [3.63, 3.8) is 0 Å². The van der Waals surface area contributed by atoms with Gasteiger partial charge in [0.05, 0.1) is 0 Å². The van der Waals surface area contributed by atoms with Gasteiger partial charge in [-0.05, 0) is 31.1 Å². The van der Waals surface area contributed by atoms with Gasteiger partial charge in [-0.3, -0.25) is 4.79 Å². The van der Waals surface area contributed by atoms with E-state index in [0.717, 1.165) is 31.1 Å². The summed E-state index contributed by atoms with van der Waals surface area (Å²) in [7, 11) is 0. The van der Waals surface area contributed by atoms with Crippen LogP contribution >= 0.6 is 11.3 Å². The maximum Gasteiger partial charge on any atom is 0.282 e. The van der Waals surface area contributed by atoms with Gasteiger partial charge in [0.2, 0.25) is 10.1 Å². The molecule has 18 heavy (non-hydrogen) atoms. The molecule has 1 aliphatic carbocycles. The van der Waals surface area contributed by atoms with Crippen LogP contribution in [0.15, 0.2) is 0 Å². The van der Waals surface area contributed by atoms with Gasteiger partial charge in [-0.15, -0.1) is 10.2 Å². The van der Waals surface area contributed by atoms with Gasteiger partial charge in [0, 0.05) is 13.1 Å². The topological polar surface area (TPSA) is 66.9 Å². The van der Waals surface area contributed by atoms with E-state index in [1.165, 1.54) is 24.2 Å². The Hall–Kier alpha value is -1.17. The second-order valence-electron chi connectivity index (χ2n) is 4.88. The molecule has 1 aliphatic rings. The van der Waals surface area contributed by atoms with Gasteiger partial charge < -0.3 is 10.6 Å². The Morgan fingerprint density at radius 1 is 1.39 bits per heavy atom. The molecule has 1 amide bonds. The third kappa shape index (κ3) is 3.19. The fourth-order valence-electron chi connectivity index (χ4n) is 1.79. The highest BCUT2D eigenvalue weighted by molar-refractivity contribution is 7.17. The number of anilines is 1. The highest BCUT2D eigenvalue weighted by Gasteiger charge is 2.40. The maximum absolute atomic E-state index is 11.9. The zero-order valence-electron chi connectivity index (χ0n) is 11.0. The van der Waals surface area contributed by atoms with E-state index >= 15 is 0 Å². The minimum absolute atomic E-state index is 0.100. The average Bonchev–Trinajstić information content (AvgIpc) is 3.03. The first kappa shape index (κ1) is 13.3. The van der Waals surface area contributed by atoms with Crippen molar-refractivity contribution >= 4 is 22.4 Å². The third-order valence-corrected chi connectivity index (χ3v) is 4.36. The smallest absolute Gasteiger partial charge is 0.282 e. The number of carbonyl (C=O) groups excluding carboxylic acids is 1. The monoisotopic (exact) mass is 268 g/mol. The average molecular weight is 268 g/mol. The van der Waals surface area contributed by atoms with E-state index in [0.29, 0.717) is 10.4 Å². The Labute approximate surface area is 111 Å². The van der Waals surface area contributed by atoms with Crippen molar-refractivity contribution < 1.29 is 4.79 Å². The molecule has 0 spiro atoms. The van der Waals surface area contributed by atoms with Gasteiger partial charge >= 0.3 is 0 Å².